The van der Waals surface area contributed by atoms with Crippen LogP contribution in [0.2, 0.25) is 0 Å². The Morgan fingerprint density at radius 1 is 1.13 bits per heavy atom. The summed E-state index contributed by atoms with van der Waals surface area (Å²) in [7, 11) is 0. The second-order valence-electron chi connectivity index (χ2n) is 9.05. The molecule has 1 aliphatic heterocycles. The predicted octanol–water partition coefficient (Wildman–Crippen LogP) is 6.53. The van der Waals surface area contributed by atoms with E-state index in [9.17, 15) is 4.79 Å². The number of aliphatic imine (C=N–C) groups is 1. The van der Waals surface area contributed by atoms with Gasteiger partial charge in [0.25, 0.3) is 5.91 Å². The molecule has 204 valence electrons. The molecule has 2 heterocycles. The summed E-state index contributed by atoms with van der Waals surface area (Å²) in [5, 5.41) is 3.00. The third-order valence-corrected chi connectivity index (χ3v) is 5.91. The monoisotopic (exact) mass is 525 g/mol. The van der Waals surface area contributed by atoms with Crippen LogP contribution in [0.4, 0.5) is 5.69 Å². The van der Waals surface area contributed by atoms with Crippen LogP contribution in [0.5, 0.6) is 5.75 Å². The van der Waals surface area contributed by atoms with E-state index in [1.807, 2.05) is 61.5 Å². The molecule has 0 saturated heterocycles. The summed E-state index contributed by atoms with van der Waals surface area (Å²) in [6.45, 7) is 14.9. The van der Waals surface area contributed by atoms with Crippen LogP contribution in [0, 0.1) is 12.8 Å². The maximum absolute atomic E-state index is 12.8. The van der Waals surface area contributed by atoms with Gasteiger partial charge in [0, 0.05) is 48.1 Å². The van der Waals surface area contributed by atoms with Crippen molar-refractivity contribution in [2.45, 2.75) is 51.6 Å². The smallest absolute Gasteiger partial charge is 0.251 e. The van der Waals surface area contributed by atoms with Crippen LogP contribution in [-0.4, -0.2) is 36.0 Å². The summed E-state index contributed by atoms with van der Waals surface area (Å²) in [5.41, 5.74) is 4.51. The number of aryl methyl sites for hydroxylation is 1. The van der Waals surface area contributed by atoms with Gasteiger partial charge in [-0.25, -0.2) is 0 Å². The first kappa shape index (κ1) is 32.5. The molecule has 0 spiro atoms. The lowest BCUT2D eigenvalue weighted by atomic mass is 9.84. The minimum atomic E-state index is -0.303. The lowest BCUT2D eigenvalue weighted by Crippen LogP contribution is -2.35. The number of ether oxygens (including phenoxy) is 1. The molecule has 1 amide bonds. The lowest BCUT2D eigenvalue weighted by Gasteiger charge is -2.36. The number of nitrogens with zero attached hydrogens (tertiary/aromatic N) is 2. The minimum absolute atomic E-state index is 0.0656. The number of pyridine rings is 1. The number of fused-ring (bicyclic) bond motifs is 1. The van der Waals surface area contributed by atoms with Crippen LogP contribution in [-0.2, 0) is 17.6 Å². The SMILES string of the molecule is C#C.C=C.C=O.CCc1ccc(N=CC2CC(C)(C)Oc3ccc(C(=O)NCCc4ccccn4)cc32)cc1. The highest BCUT2D eigenvalue weighted by Gasteiger charge is 2.33. The van der Waals surface area contributed by atoms with Gasteiger partial charge in [0.2, 0.25) is 0 Å². The fourth-order valence-electron chi connectivity index (χ4n) is 4.13. The van der Waals surface area contributed by atoms with E-state index < -0.39 is 0 Å². The average Bonchev–Trinajstić information content (AvgIpc) is 2.99. The summed E-state index contributed by atoms with van der Waals surface area (Å²) in [4.78, 5) is 29.8. The van der Waals surface area contributed by atoms with Gasteiger partial charge in [-0.15, -0.1) is 26.0 Å². The van der Waals surface area contributed by atoms with Crippen LogP contribution in [0.1, 0.15) is 60.3 Å². The number of carbonyl (C=O) groups excluding carboxylic acids is 2. The van der Waals surface area contributed by atoms with Gasteiger partial charge in [-0.3, -0.25) is 14.8 Å². The quantitative estimate of drug-likeness (QED) is 0.216. The van der Waals surface area contributed by atoms with Crippen LogP contribution >= 0.6 is 0 Å². The molecule has 1 aromatic heterocycles. The first-order valence-electron chi connectivity index (χ1n) is 12.7. The van der Waals surface area contributed by atoms with Crippen LogP contribution in [0.15, 0.2) is 85.0 Å². The van der Waals surface area contributed by atoms with E-state index in [0.717, 1.165) is 35.5 Å². The van der Waals surface area contributed by atoms with Crippen molar-refractivity contribution >= 4 is 24.6 Å². The van der Waals surface area contributed by atoms with E-state index in [1.54, 1.807) is 6.20 Å². The molecule has 2 aromatic carbocycles. The van der Waals surface area contributed by atoms with Crippen molar-refractivity contribution in [3.8, 4) is 18.6 Å². The molecule has 6 heteroatoms. The molecule has 1 unspecified atom stereocenters. The Morgan fingerprint density at radius 2 is 1.82 bits per heavy atom. The molecule has 1 N–H and O–H groups in total. The number of aromatic nitrogens is 1. The highest BCUT2D eigenvalue weighted by Crippen LogP contribution is 2.40. The zero-order valence-corrected chi connectivity index (χ0v) is 23.2. The molecule has 39 heavy (non-hydrogen) atoms. The molecule has 0 radical (unpaired) electrons. The zero-order valence-electron chi connectivity index (χ0n) is 23.2. The van der Waals surface area contributed by atoms with Crippen molar-refractivity contribution in [1.82, 2.24) is 10.3 Å². The summed E-state index contributed by atoms with van der Waals surface area (Å²) in [6, 6.07) is 19.8. The molecule has 3 aromatic rings. The van der Waals surface area contributed by atoms with Crippen LogP contribution < -0.4 is 10.1 Å². The Bertz CT molecular complexity index is 1200. The molecular formula is C33H39N3O3. The van der Waals surface area contributed by atoms with Gasteiger partial charge >= 0.3 is 0 Å². The van der Waals surface area contributed by atoms with E-state index in [4.69, 9.17) is 14.5 Å². The molecular weight excluding hydrogens is 486 g/mol. The Kier molecular flexibility index (Phi) is 14.3. The zero-order chi connectivity index (χ0) is 29.3. The van der Waals surface area contributed by atoms with Crippen molar-refractivity contribution in [1.29, 1.82) is 0 Å². The Hall–Kier alpha value is -4.50. The Labute approximate surface area is 233 Å². The van der Waals surface area contributed by atoms with Crippen molar-refractivity contribution in [2.75, 3.05) is 6.54 Å². The lowest BCUT2D eigenvalue weighted by molar-refractivity contribution is -0.0980. The highest BCUT2D eigenvalue weighted by atomic mass is 16.5. The number of benzene rings is 2. The molecule has 0 saturated carbocycles. The Morgan fingerprint density at radius 3 is 2.44 bits per heavy atom. The topological polar surface area (TPSA) is 80.6 Å². The van der Waals surface area contributed by atoms with E-state index in [0.29, 0.717) is 18.5 Å². The minimum Gasteiger partial charge on any atom is -0.488 e. The number of carbonyl (C=O) groups is 2. The van der Waals surface area contributed by atoms with Gasteiger partial charge in [0.1, 0.15) is 18.1 Å². The standard InChI is InChI=1S/C28H31N3O2.C2H4.C2H2.CH2O/c1-4-20-8-11-24(12-9-20)31-19-22-18-28(2,3)33-26-13-10-21(17-25(22)26)27(32)30-16-14-23-7-5-6-15-29-23;3*1-2/h5-13,15,17,19,22H,4,14,16,18H2,1-3H3,(H,30,32);1-2H2;1-2H;1H2. The van der Waals surface area contributed by atoms with Gasteiger partial charge in [0.15, 0.2) is 0 Å². The molecule has 0 bridgehead atoms. The van der Waals surface area contributed by atoms with E-state index in [1.165, 1.54) is 5.56 Å². The predicted molar refractivity (Wildman–Crippen MR) is 161 cm³/mol. The number of hydrogen-bond donors (Lipinski definition) is 1. The fourth-order valence-corrected chi connectivity index (χ4v) is 4.13. The molecule has 0 fully saturated rings. The van der Waals surface area contributed by atoms with Gasteiger partial charge < -0.3 is 14.8 Å². The van der Waals surface area contributed by atoms with E-state index in [-0.39, 0.29) is 17.4 Å². The van der Waals surface area contributed by atoms with Gasteiger partial charge in [0.05, 0.1) is 5.69 Å². The molecule has 0 aliphatic carbocycles. The van der Waals surface area contributed by atoms with Gasteiger partial charge in [-0.1, -0.05) is 25.1 Å². The van der Waals surface area contributed by atoms with Crippen molar-refractivity contribution in [2.24, 2.45) is 4.99 Å². The third-order valence-electron chi connectivity index (χ3n) is 5.91. The summed E-state index contributed by atoms with van der Waals surface area (Å²) in [6.07, 6.45) is 14.3. The number of nitrogens with one attached hydrogen (secondary N) is 1. The second kappa shape index (κ2) is 17.1. The molecule has 1 aliphatic rings. The van der Waals surface area contributed by atoms with Crippen molar-refractivity contribution < 1.29 is 14.3 Å². The number of rotatable bonds is 7. The molecule has 4 rings (SSSR count). The second-order valence-corrected chi connectivity index (χ2v) is 9.05. The average molecular weight is 526 g/mol. The summed E-state index contributed by atoms with van der Waals surface area (Å²) in [5.74, 6) is 0.786. The Balaban J connectivity index is 0.00000119. The molecule has 6 nitrogen and oxygen atoms in total. The van der Waals surface area contributed by atoms with E-state index in [2.05, 4.69) is 69.2 Å². The first-order valence-corrected chi connectivity index (χ1v) is 12.7. The van der Waals surface area contributed by atoms with Crippen molar-refractivity contribution in [3.63, 3.8) is 0 Å². The summed E-state index contributed by atoms with van der Waals surface area (Å²) < 4.78 is 6.20. The maximum atomic E-state index is 12.8. The highest BCUT2D eigenvalue weighted by molar-refractivity contribution is 5.95. The van der Waals surface area contributed by atoms with Crippen LogP contribution in [0.25, 0.3) is 0 Å². The number of terminal acetylenes is 1. The third kappa shape index (κ3) is 10.1. The summed E-state index contributed by atoms with van der Waals surface area (Å²) >= 11 is 0. The first-order chi connectivity index (χ1) is 18.9. The molecule has 1 atom stereocenters. The normalized spacial score (nSPS) is 14.4. The van der Waals surface area contributed by atoms with Crippen molar-refractivity contribution in [3.05, 3.63) is 102 Å². The largest absolute Gasteiger partial charge is 0.488 e. The maximum Gasteiger partial charge on any atom is 0.251 e. The van der Waals surface area contributed by atoms with E-state index >= 15 is 0 Å². The fraction of sp³-hybridized carbons (Fsp3) is 0.273. The van der Waals surface area contributed by atoms with Gasteiger partial charge in [-0.05, 0) is 74.7 Å². The number of amides is 1. The number of hydrogen-bond acceptors (Lipinski definition) is 5. The van der Waals surface area contributed by atoms with Crippen LogP contribution in [0.3, 0.4) is 0 Å². The van der Waals surface area contributed by atoms with Gasteiger partial charge in [-0.2, -0.15) is 0 Å².